The maximum absolute atomic E-state index is 11.3. The minimum absolute atomic E-state index is 0.0202. The Balaban J connectivity index is 2.37. The number of hydrogen-bond donors (Lipinski definition) is 2. The van der Waals surface area contributed by atoms with E-state index in [1.807, 2.05) is 0 Å². The number of carbonyl (C=O) groups is 2. The van der Waals surface area contributed by atoms with Gasteiger partial charge in [-0.2, -0.15) is 0 Å². The number of carboxylic acid groups (broad SMARTS) is 1. The van der Waals surface area contributed by atoms with Crippen molar-refractivity contribution >= 4 is 12.4 Å². The summed E-state index contributed by atoms with van der Waals surface area (Å²) in [6.45, 7) is 0. The van der Waals surface area contributed by atoms with Gasteiger partial charge in [0.25, 0.3) is 0 Å². The van der Waals surface area contributed by atoms with Crippen LogP contribution in [0.1, 0.15) is 24.4 Å². The normalized spacial score (nSPS) is 16.2. The van der Waals surface area contributed by atoms with Crippen molar-refractivity contribution in [2.45, 2.75) is 24.9 Å². The number of para-hydroxylation sites is 1. The van der Waals surface area contributed by atoms with Gasteiger partial charge < -0.3 is 15.1 Å². The zero-order valence-electron chi connectivity index (χ0n) is 9.11. The molecule has 1 aromatic carbocycles. The van der Waals surface area contributed by atoms with Crippen LogP contribution < -0.4 is 0 Å². The van der Waals surface area contributed by atoms with Crippen molar-refractivity contribution in [3.05, 3.63) is 29.8 Å². The molecule has 0 bridgehead atoms. The highest BCUT2D eigenvalue weighted by molar-refractivity contribution is 5.79. The molecule has 1 aromatic rings. The zero-order valence-corrected chi connectivity index (χ0v) is 9.11. The molecule has 1 amide bonds. The van der Waals surface area contributed by atoms with Gasteiger partial charge in [0.15, 0.2) is 6.04 Å². The van der Waals surface area contributed by atoms with Crippen LogP contribution >= 0.6 is 0 Å². The molecule has 0 aliphatic heterocycles. The van der Waals surface area contributed by atoms with Crippen molar-refractivity contribution in [3.8, 4) is 5.75 Å². The topological polar surface area (TPSA) is 77.8 Å². The van der Waals surface area contributed by atoms with Gasteiger partial charge >= 0.3 is 5.97 Å². The maximum atomic E-state index is 11.3. The third kappa shape index (κ3) is 2.22. The number of carboxylic acids is 1. The van der Waals surface area contributed by atoms with Crippen LogP contribution in [-0.4, -0.2) is 33.5 Å². The number of phenolic OH excluding ortho intramolecular Hbond substituents is 1. The first-order valence-electron chi connectivity index (χ1n) is 5.38. The third-order valence-electron chi connectivity index (χ3n) is 2.85. The predicted molar refractivity (Wildman–Crippen MR) is 59.4 cm³/mol. The van der Waals surface area contributed by atoms with E-state index in [-0.39, 0.29) is 17.4 Å². The fourth-order valence-corrected chi connectivity index (χ4v) is 1.87. The maximum Gasteiger partial charge on any atom is 0.331 e. The molecule has 0 radical (unpaired) electrons. The number of nitrogens with zero attached hydrogens (tertiary/aromatic N) is 1. The summed E-state index contributed by atoms with van der Waals surface area (Å²) >= 11 is 0. The van der Waals surface area contributed by atoms with Gasteiger partial charge in [0.1, 0.15) is 5.75 Å². The monoisotopic (exact) mass is 235 g/mol. The summed E-state index contributed by atoms with van der Waals surface area (Å²) in [5, 5.41) is 18.9. The average molecular weight is 235 g/mol. The van der Waals surface area contributed by atoms with Crippen LogP contribution in [0.25, 0.3) is 0 Å². The molecule has 1 saturated carbocycles. The summed E-state index contributed by atoms with van der Waals surface area (Å²) in [6, 6.07) is 5.06. The molecule has 1 atom stereocenters. The first kappa shape index (κ1) is 11.4. The SMILES string of the molecule is O=CN(C1CC1)C(C(=O)O)c1ccccc1O. The van der Waals surface area contributed by atoms with Gasteiger partial charge in [0.05, 0.1) is 0 Å². The van der Waals surface area contributed by atoms with E-state index in [2.05, 4.69) is 0 Å². The lowest BCUT2D eigenvalue weighted by Crippen LogP contribution is -2.34. The summed E-state index contributed by atoms with van der Waals surface area (Å²) in [5.74, 6) is -1.24. The molecule has 5 nitrogen and oxygen atoms in total. The molecule has 1 aliphatic carbocycles. The first-order chi connectivity index (χ1) is 8.15. The van der Waals surface area contributed by atoms with Crippen molar-refractivity contribution in [1.82, 2.24) is 4.90 Å². The van der Waals surface area contributed by atoms with Gasteiger partial charge in [-0.25, -0.2) is 4.79 Å². The summed E-state index contributed by atoms with van der Waals surface area (Å²) in [6.07, 6.45) is 2.18. The molecule has 5 heteroatoms. The number of carbonyl (C=O) groups excluding carboxylic acids is 1. The van der Waals surface area contributed by atoms with Gasteiger partial charge in [-0.05, 0) is 18.9 Å². The average Bonchev–Trinajstić information content (AvgIpc) is 3.10. The fraction of sp³-hybridized carbons (Fsp3) is 0.333. The summed E-state index contributed by atoms with van der Waals surface area (Å²) in [5.41, 5.74) is 0.249. The number of phenols is 1. The Morgan fingerprint density at radius 1 is 1.41 bits per heavy atom. The van der Waals surface area contributed by atoms with Crippen molar-refractivity contribution in [1.29, 1.82) is 0 Å². The lowest BCUT2D eigenvalue weighted by Gasteiger charge is -2.25. The number of rotatable bonds is 5. The van der Waals surface area contributed by atoms with Crippen molar-refractivity contribution < 1.29 is 19.8 Å². The summed E-state index contributed by atoms with van der Waals surface area (Å²) < 4.78 is 0. The summed E-state index contributed by atoms with van der Waals surface area (Å²) in [4.78, 5) is 23.5. The largest absolute Gasteiger partial charge is 0.508 e. The van der Waals surface area contributed by atoms with Crippen LogP contribution in [-0.2, 0) is 9.59 Å². The second-order valence-corrected chi connectivity index (χ2v) is 4.08. The molecule has 90 valence electrons. The van der Waals surface area contributed by atoms with E-state index in [0.717, 1.165) is 12.8 Å². The van der Waals surface area contributed by atoms with Crippen LogP contribution in [0, 0.1) is 0 Å². The molecule has 17 heavy (non-hydrogen) atoms. The lowest BCUT2D eigenvalue weighted by molar-refractivity contribution is -0.147. The highest BCUT2D eigenvalue weighted by Crippen LogP contribution is 2.36. The second kappa shape index (κ2) is 4.45. The number of hydrogen-bond acceptors (Lipinski definition) is 3. The molecular weight excluding hydrogens is 222 g/mol. The zero-order chi connectivity index (χ0) is 12.4. The molecule has 2 N–H and O–H groups in total. The van der Waals surface area contributed by atoms with E-state index >= 15 is 0 Å². The van der Waals surface area contributed by atoms with Crippen LogP contribution in [0.15, 0.2) is 24.3 Å². The smallest absolute Gasteiger partial charge is 0.331 e. The van der Waals surface area contributed by atoms with Crippen LogP contribution in [0.2, 0.25) is 0 Å². The summed E-state index contributed by atoms with van der Waals surface area (Å²) in [7, 11) is 0. The standard InChI is InChI=1S/C12H13NO4/c14-7-13(8-5-6-8)11(12(16)17)9-3-1-2-4-10(9)15/h1-4,7-8,11,15H,5-6H2,(H,16,17). The molecular formula is C12H13NO4. The van der Waals surface area contributed by atoms with Crippen LogP contribution in [0.5, 0.6) is 5.75 Å². The van der Waals surface area contributed by atoms with Gasteiger partial charge in [0, 0.05) is 11.6 Å². The minimum Gasteiger partial charge on any atom is -0.508 e. The van der Waals surface area contributed by atoms with E-state index in [0.29, 0.717) is 6.41 Å². The van der Waals surface area contributed by atoms with E-state index in [9.17, 15) is 19.8 Å². The molecule has 2 rings (SSSR count). The molecule has 1 unspecified atom stereocenters. The quantitative estimate of drug-likeness (QED) is 0.750. The van der Waals surface area contributed by atoms with E-state index in [1.165, 1.54) is 17.0 Å². The Morgan fingerprint density at radius 3 is 2.53 bits per heavy atom. The van der Waals surface area contributed by atoms with Gasteiger partial charge in [-0.3, -0.25) is 4.79 Å². The van der Waals surface area contributed by atoms with E-state index in [4.69, 9.17) is 0 Å². The Bertz CT molecular complexity index is 442. The first-order valence-corrected chi connectivity index (χ1v) is 5.38. The fourth-order valence-electron chi connectivity index (χ4n) is 1.87. The number of aliphatic carboxylic acids is 1. The molecule has 0 heterocycles. The molecule has 0 spiro atoms. The van der Waals surface area contributed by atoms with Crippen LogP contribution in [0.3, 0.4) is 0 Å². The molecule has 1 aliphatic rings. The Labute approximate surface area is 98.3 Å². The Hall–Kier alpha value is -2.04. The number of amides is 1. The van der Waals surface area contributed by atoms with Gasteiger partial charge in [-0.1, -0.05) is 18.2 Å². The van der Waals surface area contributed by atoms with Crippen molar-refractivity contribution in [3.63, 3.8) is 0 Å². The van der Waals surface area contributed by atoms with Crippen LogP contribution in [0.4, 0.5) is 0 Å². The predicted octanol–water partition coefficient (Wildman–Crippen LogP) is 1.14. The highest BCUT2D eigenvalue weighted by Gasteiger charge is 2.38. The van der Waals surface area contributed by atoms with Crippen molar-refractivity contribution in [2.24, 2.45) is 0 Å². The third-order valence-corrected chi connectivity index (χ3v) is 2.85. The van der Waals surface area contributed by atoms with E-state index in [1.54, 1.807) is 12.1 Å². The molecule has 1 fully saturated rings. The van der Waals surface area contributed by atoms with Gasteiger partial charge in [-0.15, -0.1) is 0 Å². The number of benzene rings is 1. The second-order valence-electron chi connectivity index (χ2n) is 4.08. The van der Waals surface area contributed by atoms with Crippen molar-refractivity contribution in [2.75, 3.05) is 0 Å². The van der Waals surface area contributed by atoms with Gasteiger partial charge in [0.2, 0.25) is 6.41 Å². The Morgan fingerprint density at radius 2 is 2.06 bits per heavy atom. The Kier molecular flexibility index (Phi) is 2.99. The minimum atomic E-state index is -1.13. The molecule has 0 aromatic heterocycles. The highest BCUT2D eigenvalue weighted by atomic mass is 16.4. The lowest BCUT2D eigenvalue weighted by atomic mass is 10.0. The molecule has 0 saturated heterocycles. The number of aromatic hydroxyl groups is 1. The van der Waals surface area contributed by atoms with E-state index < -0.39 is 12.0 Å².